The highest BCUT2D eigenvalue weighted by atomic mass is 32.1. The summed E-state index contributed by atoms with van der Waals surface area (Å²) < 4.78 is 16.5. The van der Waals surface area contributed by atoms with E-state index >= 15 is 0 Å². The average molecular weight is 758 g/mol. The summed E-state index contributed by atoms with van der Waals surface area (Å²) in [5.74, 6) is 3.49. The van der Waals surface area contributed by atoms with E-state index in [1.807, 2.05) is 11.3 Å². The van der Waals surface area contributed by atoms with Crippen molar-refractivity contribution in [2.45, 2.75) is 52.4 Å². The molecule has 57 heavy (non-hydrogen) atoms. The second-order valence-electron chi connectivity index (χ2n) is 17.4. The van der Waals surface area contributed by atoms with Gasteiger partial charge in [-0.3, -0.25) is 0 Å². The minimum atomic E-state index is -0.0375. The molecular formula is C52H44BNO2S. The van der Waals surface area contributed by atoms with Crippen LogP contribution in [0, 0.1) is 0 Å². The molecule has 3 heterocycles. The number of ether oxygens (including phenoxy) is 2. The van der Waals surface area contributed by atoms with Crippen molar-refractivity contribution < 1.29 is 9.47 Å². The monoisotopic (exact) mass is 757 g/mol. The molecule has 2 aliphatic heterocycles. The molecule has 8 aromatic rings. The van der Waals surface area contributed by atoms with Crippen molar-refractivity contribution >= 4 is 60.9 Å². The number of anilines is 3. The van der Waals surface area contributed by atoms with Crippen molar-refractivity contribution in [1.82, 2.24) is 0 Å². The van der Waals surface area contributed by atoms with E-state index in [4.69, 9.17) is 9.47 Å². The Kier molecular flexibility index (Phi) is 8.25. The van der Waals surface area contributed by atoms with Gasteiger partial charge < -0.3 is 14.4 Å². The van der Waals surface area contributed by atoms with Crippen LogP contribution in [-0.4, -0.2) is 6.71 Å². The third-order valence-corrected chi connectivity index (χ3v) is 12.7. The predicted molar refractivity (Wildman–Crippen MR) is 242 cm³/mol. The third-order valence-electron chi connectivity index (χ3n) is 11.5. The molecule has 10 rings (SSSR count). The fraction of sp³-hybridized carbons (Fsp3) is 0.154. The van der Waals surface area contributed by atoms with Gasteiger partial charge in [0.15, 0.2) is 0 Å². The maximum Gasteiger partial charge on any atom is 0.273 e. The maximum absolute atomic E-state index is 7.04. The lowest BCUT2D eigenvalue weighted by Gasteiger charge is -2.33. The number of hydrogen-bond acceptors (Lipinski definition) is 4. The zero-order valence-corrected chi connectivity index (χ0v) is 34.1. The number of benzene rings is 7. The summed E-state index contributed by atoms with van der Waals surface area (Å²) in [6.45, 7) is 13.5. The first-order valence-electron chi connectivity index (χ1n) is 19.9. The van der Waals surface area contributed by atoms with Crippen molar-refractivity contribution in [3.63, 3.8) is 0 Å². The smallest absolute Gasteiger partial charge is 0.273 e. The molecule has 0 saturated heterocycles. The minimum absolute atomic E-state index is 0.0375. The van der Waals surface area contributed by atoms with E-state index < -0.39 is 0 Å². The van der Waals surface area contributed by atoms with Gasteiger partial charge in [-0.05, 0) is 104 Å². The molecule has 0 fully saturated rings. The van der Waals surface area contributed by atoms with Gasteiger partial charge >= 0.3 is 0 Å². The number of hydrogen-bond donors (Lipinski definition) is 0. The second kappa shape index (κ2) is 13.3. The number of thiophene rings is 1. The van der Waals surface area contributed by atoms with E-state index in [1.54, 1.807) is 0 Å². The molecule has 0 saturated carbocycles. The summed E-state index contributed by atoms with van der Waals surface area (Å²) >= 11 is 1.83. The van der Waals surface area contributed by atoms with Crippen molar-refractivity contribution in [2.24, 2.45) is 0 Å². The zero-order chi connectivity index (χ0) is 39.1. The first kappa shape index (κ1) is 35.4. The lowest BCUT2D eigenvalue weighted by molar-refractivity contribution is 0.468. The van der Waals surface area contributed by atoms with Crippen molar-refractivity contribution in [1.29, 1.82) is 0 Å². The Labute approximate surface area is 340 Å². The van der Waals surface area contributed by atoms with Crippen LogP contribution in [0.2, 0.25) is 0 Å². The lowest BCUT2D eigenvalue weighted by Crippen LogP contribution is -2.56. The molecule has 0 radical (unpaired) electrons. The molecule has 0 amide bonds. The molecule has 0 N–H and O–H groups in total. The first-order chi connectivity index (χ1) is 27.5. The van der Waals surface area contributed by atoms with E-state index in [1.165, 1.54) is 31.7 Å². The Morgan fingerprint density at radius 2 is 1.02 bits per heavy atom. The molecule has 2 aliphatic rings. The third kappa shape index (κ3) is 6.22. The van der Waals surface area contributed by atoms with E-state index in [2.05, 4.69) is 204 Å². The van der Waals surface area contributed by atoms with E-state index in [0.717, 1.165) is 67.5 Å². The Morgan fingerprint density at radius 1 is 0.474 bits per heavy atom. The Balaban J connectivity index is 1.15. The fourth-order valence-corrected chi connectivity index (χ4v) is 9.61. The largest absolute Gasteiger partial charge is 0.458 e. The van der Waals surface area contributed by atoms with Crippen LogP contribution in [0.25, 0.3) is 32.3 Å². The maximum atomic E-state index is 7.04. The van der Waals surface area contributed by atoms with E-state index in [9.17, 15) is 0 Å². The summed E-state index contributed by atoms with van der Waals surface area (Å²) in [6, 6.07) is 57.1. The SMILES string of the molecule is CC(C)(C)c1ccc(N(c2ccc(C(C)(C)C)cc2)c2ccc3c(c2)Oc2cc(-c4ccccc4)cc4c2B3c2sc3ccc(-c5ccccc5)cc3c2O4)cc1. The van der Waals surface area contributed by atoms with Gasteiger partial charge in [0.2, 0.25) is 0 Å². The van der Waals surface area contributed by atoms with Crippen molar-refractivity contribution in [3.8, 4) is 45.3 Å². The van der Waals surface area contributed by atoms with Gasteiger partial charge in [-0.2, -0.15) is 0 Å². The van der Waals surface area contributed by atoms with Crippen LogP contribution >= 0.6 is 11.3 Å². The summed E-state index contributed by atoms with van der Waals surface area (Å²) in [5, 5.41) is 1.14. The second-order valence-corrected chi connectivity index (χ2v) is 18.5. The highest BCUT2D eigenvalue weighted by molar-refractivity contribution is 7.33. The fourth-order valence-electron chi connectivity index (χ4n) is 8.36. The molecule has 0 aliphatic carbocycles. The molecule has 3 nitrogen and oxygen atoms in total. The van der Waals surface area contributed by atoms with Gasteiger partial charge in [0.1, 0.15) is 23.0 Å². The van der Waals surface area contributed by atoms with Crippen LogP contribution in [0.1, 0.15) is 52.7 Å². The molecule has 0 unspecified atom stereocenters. The predicted octanol–water partition coefficient (Wildman–Crippen LogP) is 13.0. The Morgan fingerprint density at radius 3 is 1.60 bits per heavy atom. The standard InChI is InChI=1S/C52H44BNO2S/c1-51(2,3)37-18-22-39(23-19-37)54(40-24-20-38(21-25-40)52(4,5)6)41-26-27-43-44(32-41)55-45-30-36(34-15-11-8-12-16-34)31-46-48(45)53(43)50-49(56-46)42-29-35(17-28-47(42)57-50)33-13-9-7-10-14-33/h7-32H,1-6H3. The Bertz CT molecular complexity index is 2740. The normalized spacial score (nSPS) is 13.0. The van der Waals surface area contributed by atoms with Crippen LogP contribution in [0.3, 0.4) is 0 Å². The van der Waals surface area contributed by atoms with Gasteiger partial charge in [0, 0.05) is 43.5 Å². The van der Waals surface area contributed by atoms with Crippen molar-refractivity contribution in [3.05, 3.63) is 169 Å². The summed E-state index contributed by atoms with van der Waals surface area (Å²) in [5.41, 5.74) is 12.8. The van der Waals surface area contributed by atoms with Gasteiger partial charge in [-0.15, -0.1) is 11.3 Å². The van der Waals surface area contributed by atoms with Crippen LogP contribution in [0.4, 0.5) is 17.1 Å². The van der Waals surface area contributed by atoms with Crippen LogP contribution < -0.4 is 30.1 Å². The summed E-state index contributed by atoms with van der Waals surface area (Å²) in [4.78, 5) is 2.35. The summed E-state index contributed by atoms with van der Waals surface area (Å²) in [6.07, 6.45) is 0. The molecule has 0 bridgehead atoms. The highest BCUT2D eigenvalue weighted by Gasteiger charge is 2.43. The van der Waals surface area contributed by atoms with Crippen molar-refractivity contribution in [2.75, 3.05) is 4.90 Å². The van der Waals surface area contributed by atoms with Crippen LogP contribution in [-0.2, 0) is 10.8 Å². The van der Waals surface area contributed by atoms with Crippen LogP contribution in [0.5, 0.6) is 23.0 Å². The molecule has 278 valence electrons. The van der Waals surface area contributed by atoms with E-state index in [0.29, 0.717) is 0 Å². The van der Waals surface area contributed by atoms with Gasteiger partial charge in [0.05, 0.1) is 0 Å². The molecule has 0 spiro atoms. The topological polar surface area (TPSA) is 21.7 Å². The number of rotatable bonds is 5. The summed E-state index contributed by atoms with van der Waals surface area (Å²) in [7, 11) is 0. The first-order valence-corrected chi connectivity index (χ1v) is 20.7. The molecule has 1 aromatic heterocycles. The van der Waals surface area contributed by atoms with Gasteiger partial charge in [0.25, 0.3) is 6.71 Å². The van der Waals surface area contributed by atoms with Crippen LogP contribution in [0.15, 0.2) is 158 Å². The number of fused-ring (bicyclic) bond motifs is 6. The molecule has 7 aromatic carbocycles. The average Bonchev–Trinajstić information content (AvgIpc) is 3.58. The minimum Gasteiger partial charge on any atom is -0.458 e. The van der Waals surface area contributed by atoms with Gasteiger partial charge in [-0.1, -0.05) is 139 Å². The van der Waals surface area contributed by atoms with E-state index in [-0.39, 0.29) is 17.5 Å². The zero-order valence-electron chi connectivity index (χ0n) is 33.3. The highest BCUT2D eigenvalue weighted by Crippen LogP contribution is 2.45. The van der Waals surface area contributed by atoms with Gasteiger partial charge in [-0.25, -0.2) is 0 Å². The lowest BCUT2D eigenvalue weighted by atomic mass is 9.37. The Hall–Kier alpha value is -6.04. The number of nitrogens with zero attached hydrogens (tertiary/aromatic N) is 1. The quantitative estimate of drug-likeness (QED) is 0.163. The molecule has 5 heteroatoms. The molecule has 0 atom stereocenters. The molecular weight excluding hydrogens is 713 g/mol.